The maximum atomic E-state index is 12.0. The van der Waals surface area contributed by atoms with E-state index in [4.69, 9.17) is 0 Å². The molecule has 1 fully saturated rings. The second kappa shape index (κ2) is 6.31. The van der Waals surface area contributed by atoms with Gasteiger partial charge in [-0.1, -0.05) is 18.2 Å². The largest absolute Gasteiger partial charge is 0.361 e. The van der Waals surface area contributed by atoms with E-state index in [2.05, 4.69) is 44.5 Å². The molecule has 1 aliphatic heterocycles. The number of para-hydroxylation sites is 1. The maximum Gasteiger partial charge on any atom is 0.178 e. The Balaban J connectivity index is 1.55. The molecule has 2 N–H and O–H groups in total. The first-order chi connectivity index (χ1) is 12.0. The van der Waals surface area contributed by atoms with Crippen molar-refractivity contribution in [2.45, 2.75) is 30.2 Å². The molecule has 0 spiro atoms. The predicted molar refractivity (Wildman–Crippen MR) is 97.2 cm³/mol. The van der Waals surface area contributed by atoms with Crippen LogP contribution < -0.4 is 0 Å². The third-order valence-corrected chi connectivity index (χ3v) is 6.14. The highest BCUT2D eigenvalue weighted by Crippen LogP contribution is 2.31. The van der Waals surface area contributed by atoms with E-state index in [1.54, 1.807) is 0 Å². The molecule has 1 aliphatic rings. The van der Waals surface area contributed by atoms with Gasteiger partial charge in [-0.25, -0.2) is 8.42 Å². The summed E-state index contributed by atoms with van der Waals surface area (Å²) in [7, 11) is -3.25. The third kappa shape index (κ3) is 3.21. The van der Waals surface area contributed by atoms with E-state index in [0.717, 1.165) is 43.7 Å². The molecule has 3 aromatic rings. The van der Waals surface area contributed by atoms with Crippen LogP contribution in [0.5, 0.6) is 0 Å². The molecule has 1 unspecified atom stereocenters. The molecule has 0 aliphatic carbocycles. The number of aromatic amines is 2. The third-order valence-electron chi connectivity index (χ3n) is 5.01. The number of hydrogen-bond donors (Lipinski definition) is 2. The van der Waals surface area contributed by atoms with Gasteiger partial charge < -0.3 is 4.98 Å². The molecule has 2 aromatic heterocycles. The number of nitrogens with zero attached hydrogens (tertiary/aromatic N) is 2. The van der Waals surface area contributed by atoms with Gasteiger partial charge in [0.2, 0.25) is 0 Å². The Morgan fingerprint density at radius 2 is 2.16 bits per heavy atom. The van der Waals surface area contributed by atoms with Crippen LogP contribution in [0.1, 0.15) is 30.0 Å². The Morgan fingerprint density at radius 1 is 1.32 bits per heavy atom. The van der Waals surface area contributed by atoms with Gasteiger partial charge in [-0.2, -0.15) is 5.10 Å². The van der Waals surface area contributed by atoms with Gasteiger partial charge in [-0.05, 0) is 31.0 Å². The molecule has 7 heteroatoms. The van der Waals surface area contributed by atoms with Crippen molar-refractivity contribution in [3.05, 3.63) is 47.9 Å². The number of aromatic nitrogens is 3. The molecule has 6 nitrogen and oxygen atoms in total. The van der Waals surface area contributed by atoms with Crippen molar-refractivity contribution in [1.82, 2.24) is 20.1 Å². The summed E-state index contributed by atoms with van der Waals surface area (Å²) in [4.78, 5) is 6.06. The van der Waals surface area contributed by atoms with Gasteiger partial charge in [0.15, 0.2) is 9.84 Å². The van der Waals surface area contributed by atoms with Crippen LogP contribution in [0.4, 0.5) is 0 Å². The molecule has 3 heterocycles. The van der Waals surface area contributed by atoms with Crippen LogP contribution in [0.15, 0.2) is 41.6 Å². The lowest BCUT2D eigenvalue weighted by Crippen LogP contribution is -2.34. The molecule has 132 valence electrons. The van der Waals surface area contributed by atoms with Gasteiger partial charge in [0, 0.05) is 42.4 Å². The van der Waals surface area contributed by atoms with Crippen LogP contribution >= 0.6 is 0 Å². The van der Waals surface area contributed by atoms with Gasteiger partial charge in [-0.15, -0.1) is 0 Å². The number of sulfone groups is 1. The van der Waals surface area contributed by atoms with E-state index in [1.807, 2.05) is 6.07 Å². The van der Waals surface area contributed by atoms with Crippen molar-refractivity contribution in [1.29, 1.82) is 0 Å². The molecular formula is C18H22N4O2S. The van der Waals surface area contributed by atoms with Crippen molar-refractivity contribution >= 4 is 20.7 Å². The minimum absolute atomic E-state index is 0.172. The van der Waals surface area contributed by atoms with Crippen LogP contribution in [0, 0.1) is 0 Å². The molecule has 0 bridgehead atoms. The molecule has 1 atom stereocenters. The van der Waals surface area contributed by atoms with E-state index in [1.165, 1.54) is 23.4 Å². The van der Waals surface area contributed by atoms with E-state index in [9.17, 15) is 8.42 Å². The standard InChI is InChI=1S/C18H22N4O2S/c1-25(23,24)17-10-20-21-18(17)13-5-4-8-22(11-13)12-14-9-19-16-7-3-2-6-15(14)16/h2-3,6-7,9-10,13,19H,4-5,8,11-12H2,1H3,(H,20,21). The highest BCUT2D eigenvalue weighted by molar-refractivity contribution is 7.90. The fraction of sp³-hybridized carbons (Fsp3) is 0.389. The van der Waals surface area contributed by atoms with Gasteiger partial charge >= 0.3 is 0 Å². The first kappa shape index (κ1) is 16.4. The summed E-state index contributed by atoms with van der Waals surface area (Å²) in [5.74, 6) is 0.172. The van der Waals surface area contributed by atoms with E-state index >= 15 is 0 Å². The minimum atomic E-state index is -3.25. The van der Waals surface area contributed by atoms with Gasteiger partial charge in [-0.3, -0.25) is 10.00 Å². The smallest absolute Gasteiger partial charge is 0.178 e. The zero-order valence-electron chi connectivity index (χ0n) is 14.2. The lowest BCUT2D eigenvalue weighted by Gasteiger charge is -2.32. The first-order valence-corrected chi connectivity index (χ1v) is 10.4. The number of likely N-dealkylation sites (tertiary alicyclic amines) is 1. The molecule has 25 heavy (non-hydrogen) atoms. The summed E-state index contributed by atoms with van der Waals surface area (Å²) in [5, 5.41) is 8.16. The van der Waals surface area contributed by atoms with E-state index in [0.29, 0.717) is 4.90 Å². The second-order valence-corrected chi connectivity index (χ2v) is 8.84. The number of benzene rings is 1. The summed E-state index contributed by atoms with van der Waals surface area (Å²) < 4.78 is 23.9. The van der Waals surface area contributed by atoms with Crippen molar-refractivity contribution < 1.29 is 8.42 Å². The normalized spacial score (nSPS) is 19.5. The SMILES string of the molecule is CS(=O)(=O)c1cn[nH]c1C1CCCN(Cc2c[nH]c3ccccc23)C1. The lowest BCUT2D eigenvalue weighted by atomic mass is 9.94. The Labute approximate surface area is 147 Å². The topological polar surface area (TPSA) is 81.8 Å². The molecule has 0 amide bonds. The molecule has 0 radical (unpaired) electrons. The van der Waals surface area contributed by atoms with Crippen molar-refractivity contribution in [2.75, 3.05) is 19.3 Å². The van der Waals surface area contributed by atoms with Crippen molar-refractivity contribution in [3.63, 3.8) is 0 Å². The summed E-state index contributed by atoms with van der Waals surface area (Å²) in [6.07, 6.45) is 6.79. The average Bonchev–Trinajstić information content (AvgIpc) is 3.23. The number of fused-ring (bicyclic) bond motifs is 1. The van der Waals surface area contributed by atoms with Crippen molar-refractivity contribution in [3.8, 4) is 0 Å². The van der Waals surface area contributed by atoms with Crippen LogP contribution in [0.3, 0.4) is 0 Å². The summed E-state index contributed by atoms with van der Waals surface area (Å²) in [6.45, 7) is 2.73. The summed E-state index contributed by atoms with van der Waals surface area (Å²) >= 11 is 0. The molecule has 4 rings (SSSR count). The van der Waals surface area contributed by atoms with E-state index in [-0.39, 0.29) is 5.92 Å². The number of hydrogen-bond acceptors (Lipinski definition) is 4. The molecule has 1 aromatic carbocycles. The minimum Gasteiger partial charge on any atom is -0.361 e. The average molecular weight is 358 g/mol. The monoisotopic (exact) mass is 358 g/mol. The Bertz CT molecular complexity index is 989. The number of rotatable bonds is 4. The first-order valence-electron chi connectivity index (χ1n) is 8.53. The second-order valence-electron chi connectivity index (χ2n) is 6.85. The Morgan fingerprint density at radius 3 is 3.00 bits per heavy atom. The summed E-state index contributed by atoms with van der Waals surface area (Å²) in [5.41, 5.74) is 3.19. The number of H-pyrrole nitrogens is 2. The Kier molecular flexibility index (Phi) is 4.13. The molecular weight excluding hydrogens is 336 g/mol. The van der Waals surface area contributed by atoms with Gasteiger partial charge in [0.1, 0.15) is 4.90 Å². The Hall–Kier alpha value is -2.12. The maximum absolute atomic E-state index is 12.0. The number of nitrogens with one attached hydrogen (secondary N) is 2. The van der Waals surface area contributed by atoms with Gasteiger partial charge in [0.05, 0.1) is 11.9 Å². The van der Waals surface area contributed by atoms with Crippen LogP contribution in [-0.4, -0.2) is 47.8 Å². The molecule has 0 saturated carbocycles. The van der Waals surface area contributed by atoms with Gasteiger partial charge in [0.25, 0.3) is 0 Å². The molecule has 1 saturated heterocycles. The quantitative estimate of drug-likeness (QED) is 0.751. The fourth-order valence-corrected chi connectivity index (χ4v) is 4.67. The summed E-state index contributed by atoms with van der Waals surface area (Å²) in [6, 6.07) is 8.31. The van der Waals surface area contributed by atoms with Crippen LogP contribution in [0.25, 0.3) is 10.9 Å². The fourth-order valence-electron chi connectivity index (χ4n) is 3.81. The highest BCUT2D eigenvalue weighted by Gasteiger charge is 2.28. The highest BCUT2D eigenvalue weighted by atomic mass is 32.2. The zero-order valence-corrected chi connectivity index (χ0v) is 15.0. The number of piperidine rings is 1. The predicted octanol–water partition coefficient (Wildman–Crippen LogP) is 2.67. The zero-order chi connectivity index (χ0) is 17.4. The van der Waals surface area contributed by atoms with E-state index < -0.39 is 9.84 Å². The lowest BCUT2D eigenvalue weighted by molar-refractivity contribution is 0.198. The van der Waals surface area contributed by atoms with Crippen LogP contribution in [-0.2, 0) is 16.4 Å². The van der Waals surface area contributed by atoms with Crippen molar-refractivity contribution in [2.24, 2.45) is 0 Å². The van der Waals surface area contributed by atoms with Crippen LogP contribution in [0.2, 0.25) is 0 Å².